The largest absolute Gasteiger partial charge is 2.00 e. The van der Waals surface area contributed by atoms with Gasteiger partial charge in [0.2, 0.25) is 0 Å². The molecule has 0 aromatic carbocycles. The first-order chi connectivity index (χ1) is 0. The van der Waals surface area contributed by atoms with Gasteiger partial charge < -0.3 is 12.3 Å². The van der Waals surface area contributed by atoms with Gasteiger partial charge in [0.25, 0.3) is 0 Å². The third-order valence-corrected chi connectivity index (χ3v) is 0. The number of hydrogen-bond acceptors (Lipinski definition) is 0. The average Bonchev–Trinajstić information content (AvgIpc) is 0. The van der Waals surface area contributed by atoms with Gasteiger partial charge in [0, 0.05) is 0 Å². The number of nitrogens with two attached hydrogens (primary N) is 2. The standard InChI is InChI=1S/Ca.ClH.2H2N/h;1H;2*1H2/q+2;;2*-1. The van der Waals surface area contributed by atoms with Gasteiger partial charge in [0.15, 0.2) is 0 Å². The van der Waals surface area contributed by atoms with Gasteiger partial charge in [0.1, 0.15) is 0 Å². The molecular formula is H5CaClN2. The van der Waals surface area contributed by atoms with Crippen LogP contribution in [0.5, 0.6) is 0 Å². The molecule has 0 unspecified atom stereocenters. The van der Waals surface area contributed by atoms with Gasteiger partial charge in [-0.15, -0.1) is 12.4 Å². The maximum absolute atomic E-state index is 0. The molecule has 0 saturated carbocycles. The van der Waals surface area contributed by atoms with E-state index in [4.69, 9.17) is 0 Å². The van der Waals surface area contributed by atoms with Crippen LogP contribution in [-0.4, -0.2) is 37.7 Å². The summed E-state index contributed by atoms with van der Waals surface area (Å²) in [6, 6.07) is 0. The van der Waals surface area contributed by atoms with Crippen molar-refractivity contribution < 1.29 is 0 Å². The summed E-state index contributed by atoms with van der Waals surface area (Å²) in [5.74, 6) is 0. The Hall–Kier alpha value is 1.47. The molecule has 0 bridgehead atoms. The minimum absolute atomic E-state index is 0. The molecule has 0 saturated heterocycles. The summed E-state index contributed by atoms with van der Waals surface area (Å²) in [6.07, 6.45) is 0. The zero-order valence-electron chi connectivity index (χ0n) is 2.27. The van der Waals surface area contributed by atoms with E-state index in [1.54, 1.807) is 0 Å². The second-order valence-corrected chi connectivity index (χ2v) is 0. The van der Waals surface area contributed by atoms with Gasteiger partial charge in [-0.05, 0) is 0 Å². The molecule has 0 radical (unpaired) electrons. The Kier molecular flexibility index (Phi) is 315. The van der Waals surface area contributed by atoms with Gasteiger partial charge in [-0.2, -0.15) is 0 Å². The Morgan fingerprint density at radius 2 is 0.750 bits per heavy atom. The van der Waals surface area contributed by atoms with E-state index in [9.17, 15) is 0 Å². The second kappa shape index (κ2) is 24.9. The van der Waals surface area contributed by atoms with Crippen LogP contribution in [0.15, 0.2) is 0 Å². The molecule has 0 aliphatic carbocycles. The van der Waals surface area contributed by atoms with Crippen molar-refractivity contribution in [2.45, 2.75) is 0 Å². The Morgan fingerprint density at radius 1 is 0.750 bits per heavy atom. The first-order valence-electron chi connectivity index (χ1n) is 0. The molecule has 4 N–H and O–H groups in total. The molecule has 0 atom stereocenters. The SMILES string of the molecule is Cl.[Ca+2].[NH2-].[NH2-]. The van der Waals surface area contributed by atoms with E-state index in [-0.39, 0.29) is 62.4 Å². The second-order valence-electron chi connectivity index (χ2n) is 0. The summed E-state index contributed by atoms with van der Waals surface area (Å²) >= 11 is 0. The predicted molar refractivity (Wildman–Crippen MR) is 23.6 cm³/mol. The van der Waals surface area contributed by atoms with Crippen molar-refractivity contribution in [2.24, 2.45) is 0 Å². The van der Waals surface area contributed by atoms with E-state index in [0.29, 0.717) is 0 Å². The third kappa shape index (κ3) is 9.80. The molecule has 2 nitrogen and oxygen atoms in total. The molecule has 0 fully saturated rings. The van der Waals surface area contributed by atoms with Crippen LogP contribution in [0.25, 0.3) is 12.3 Å². The Bertz CT molecular complexity index is 6.00. The third-order valence-electron chi connectivity index (χ3n) is 0. The molecule has 0 aromatic rings. The Morgan fingerprint density at radius 3 is 0.750 bits per heavy atom. The number of rotatable bonds is 0. The van der Waals surface area contributed by atoms with Gasteiger partial charge in [-0.3, -0.25) is 0 Å². The minimum atomic E-state index is 0. The molecule has 0 aromatic heterocycles. The number of halogens is 1. The van der Waals surface area contributed by atoms with Crippen molar-refractivity contribution in [3.63, 3.8) is 0 Å². The molecule has 0 spiro atoms. The molecular weight excluding hydrogens is 104 g/mol. The molecule has 4 heavy (non-hydrogen) atoms. The van der Waals surface area contributed by atoms with Crippen LogP contribution >= 0.6 is 12.4 Å². The topological polar surface area (TPSA) is 67.0 Å². The van der Waals surface area contributed by atoms with Crippen LogP contribution in [0.1, 0.15) is 0 Å². The predicted octanol–water partition coefficient (Wildman–Crippen LogP) is 1.48. The van der Waals surface area contributed by atoms with E-state index in [0.717, 1.165) is 0 Å². The monoisotopic (exact) mass is 108 g/mol. The van der Waals surface area contributed by atoms with Crippen molar-refractivity contribution >= 4 is 50.1 Å². The minimum Gasteiger partial charge on any atom is -0.693 e. The molecule has 0 rings (SSSR count). The molecule has 0 amide bonds. The van der Waals surface area contributed by atoms with Gasteiger partial charge in [0.05, 0.1) is 0 Å². The summed E-state index contributed by atoms with van der Waals surface area (Å²) in [4.78, 5) is 0. The van der Waals surface area contributed by atoms with E-state index in [2.05, 4.69) is 0 Å². The fraction of sp³-hybridized carbons (Fsp3) is 0. The zero-order chi connectivity index (χ0) is 0. The molecule has 0 heterocycles. The Balaban J connectivity index is 0. The van der Waals surface area contributed by atoms with Crippen LogP contribution in [0, 0.1) is 0 Å². The van der Waals surface area contributed by atoms with Gasteiger partial charge >= 0.3 is 37.7 Å². The summed E-state index contributed by atoms with van der Waals surface area (Å²) in [6.45, 7) is 0. The van der Waals surface area contributed by atoms with Crippen molar-refractivity contribution in [1.29, 1.82) is 0 Å². The van der Waals surface area contributed by atoms with Crippen LogP contribution in [0.4, 0.5) is 0 Å². The van der Waals surface area contributed by atoms with Crippen LogP contribution < -0.4 is 0 Å². The zero-order valence-corrected chi connectivity index (χ0v) is 5.29. The van der Waals surface area contributed by atoms with Crippen molar-refractivity contribution in [2.75, 3.05) is 0 Å². The maximum atomic E-state index is 0. The van der Waals surface area contributed by atoms with Gasteiger partial charge in [-0.25, -0.2) is 0 Å². The molecule has 0 aliphatic heterocycles. The van der Waals surface area contributed by atoms with E-state index < -0.39 is 0 Å². The van der Waals surface area contributed by atoms with Gasteiger partial charge in [-0.1, -0.05) is 0 Å². The van der Waals surface area contributed by atoms with Crippen LogP contribution in [0.3, 0.4) is 0 Å². The van der Waals surface area contributed by atoms with Crippen LogP contribution in [0.2, 0.25) is 0 Å². The number of hydrogen-bond donors (Lipinski definition) is 0. The Labute approximate surface area is 61.9 Å². The van der Waals surface area contributed by atoms with Crippen molar-refractivity contribution in [1.82, 2.24) is 0 Å². The summed E-state index contributed by atoms with van der Waals surface area (Å²) in [5, 5.41) is 0. The smallest absolute Gasteiger partial charge is 0.693 e. The maximum Gasteiger partial charge on any atom is 2.00 e. The van der Waals surface area contributed by atoms with E-state index >= 15 is 0 Å². The normalized spacial score (nSPS) is 0. The van der Waals surface area contributed by atoms with E-state index in [1.807, 2.05) is 0 Å². The van der Waals surface area contributed by atoms with Crippen LogP contribution in [-0.2, 0) is 0 Å². The van der Waals surface area contributed by atoms with Crippen molar-refractivity contribution in [3.05, 3.63) is 12.3 Å². The fourth-order valence-corrected chi connectivity index (χ4v) is 0. The first-order valence-corrected chi connectivity index (χ1v) is 0. The first kappa shape index (κ1) is 50.6. The quantitative estimate of drug-likeness (QED) is 0.422. The average molecular weight is 109 g/mol. The summed E-state index contributed by atoms with van der Waals surface area (Å²) < 4.78 is 0. The molecule has 4 heteroatoms. The summed E-state index contributed by atoms with van der Waals surface area (Å²) in [5.41, 5.74) is 0. The van der Waals surface area contributed by atoms with Crippen molar-refractivity contribution in [3.8, 4) is 0 Å². The molecule has 0 aliphatic rings. The molecule has 24 valence electrons. The summed E-state index contributed by atoms with van der Waals surface area (Å²) in [7, 11) is 0. The van der Waals surface area contributed by atoms with E-state index in [1.165, 1.54) is 0 Å². The fourth-order valence-electron chi connectivity index (χ4n) is 0.